The van der Waals surface area contributed by atoms with E-state index in [9.17, 15) is 13.2 Å². The lowest BCUT2D eigenvalue weighted by molar-refractivity contribution is -0.137. The third kappa shape index (κ3) is 4.04. The van der Waals surface area contributed by atoms with Gasteiger partial charge in [0.25, 0.3) is 0 Å². The fourth-order valence-electron chi connectivity index (χ4n) is 2.46. The average Bonchev–Trinajstić information content (AvgIpc) is 2.62. The molecule has 3 rings (SSSR count). The maximum absolute atomic E-state index is 12.7. The second kappa shape index (κ2) is 7.31. The van der Waals surface area contributed by atoms with Crippen molar-refractivity contribution < 1.29 is 13.2 Å². The number of halogens is 3. The zero-order valence-electron chi connectivity index (χ0n) is 13.5. The molecule has 1 aromatic heterocycles. The SMILES string of the molecule is CCSc1cccnc1C1=CN(c2ccc(C(F)(F)F)cc2)CC=N1. The minimum absolute atomic E-state index is 0.498. The summed E-state index contributed by atoms with van der Waals surface area (Å²) in [6, 6.07) is 8.99. The van der Waals surface area contributed by atoms with Gasteiger partial charge in [-0.15, -0.1) is 11.8 Å². The molecule has 0 saturated heterocycles. The number of benzene rings is 1. The second-order valence-electron chi connectivity index (χ2n) is 5.31. The first-order chi connectivity index (χ1) is 12.0. The van der Waals surface area contributed by atoms with Gasteiger partial charge < -0.3 is 4.90 Å². The molecular formula is C18H16F3N3S. The number of aliphatic imine (C=N–C) groups is 1. The van der Waals surface area contributed by atoms with Gasteiger partial charge in [-0.25, -0.2) is 0 Å². The zero-order chi connectivity index (χ0) is 17.9. The summed E-state index contributed by atoms with van der Waals surface area (Å²) in [7, 11) is 0. The van der Waals surface area contributed by atoms with Crippen molar-refractivity contribution in [2.24, 2.45) is 4.99 Å². The molecule has 0 spiro atoms. The lowest BCUT2D eigenvalue weighted by Crippen LogP contribution is -2.22. The molecule has 0 aliphatic carbocycles. The van der Waals surface area contributed by atoms with E-state index in [0.29, 0.717) is 17.9 Å². The molecule has 0 radical (unpaired) electrons. The maximum atomic E-state index is 12.7. The van der Waals surface area contributed by atoms with Gasteiger partial charge in [0.1, 0.15) is 11.4 Å². The van der Waals surface area contributed by atoms with Crippen molar-refractivity contribution in [1.29, 1.82) is 0 Å². The summed E-state index contributed by atoms with van der Waals surface area (Å²) in [5.74, 6) is 0.915. The Morgan fingerprint density at radius 2 is 1.92 bits per heavy atom. The van der Waals surface area contributed by atoms with E-state index < -0.39 is 11.7 Å². The van der Waals surface area contributed by atoms with Gasteiger partial charge in [-0.05, 0) is 42.2 Å². The van der Waals surface area contributed by atoms with E-state index in [1.54, 1.807) is 24.2 Å². The predicted molar refractivity (Wildman–Crippen MR) is 95.9 cm³/mol. The zero-order valence-corrected chi connectivity index (χ0v) is 14.3. The summed E-state index contributed by atoms with van der Waals surface area (Å²) in [5, 5.41) is 0. The Balaban J connectivity index is 1.89. The molecule has 3 nitrogen and oxygen atoms in total. The monoisotopic (exact) mass is 363 g/mol. The van der Waals surface area contributed by atoms with Gasteiger partial charge in [0.05, 0.1) is 12.1 Å². The highest BCUT2D eigenvalue weighted by Gasteiger charge is 2.30. The molecule has 1 aromatic carbocycles. The van der Waals surface area contributed by atoms with Crippen molar-refractivity contribution in [2.75, 3.05) is 17.2 Å². The lowest BCUT2D eigenvalue weighted by Gasteiger charge is -2.23. The summed E-state index contributed by atoms with van der Waals surface area (Å²) in [6.07, 6.45) is 0.943. The quantitative estimate of drug-likeness (QED) is 0.708. The van der Waals surface area contributed by atoms with Gasteiger partial charge in [0, 0.05) is 29.2 Å². The Morgan fingerprint density at radius 1 is 1.16 bits per heavy atom. The van der Waals surface area contributed by atoms with Crippen LogP contribution in [0.25, 0.3) is 5.70 Å². The molecule has 7 heteroatoms. The number of rotatable bonds is 4. The largest absolute Gasteiger partial charge is 0.416 e. The second-order valence-corrected chi connectivity index (χ2v) is 6.61. The van der Waals surface area contributed by atoms with Crippen LogP contribution in [0.5, 0.6) is 0 Å². The number of nitrogens with zero attached hydrogens (tertiary/aromatic N) is 3. The van der Waals surface area contributed by atoms with E-state index in [1.807, 2.05) is 23.2 Å². The van der Waals surface area contributed by atoms with Crippen LogP contribution >= 0.6 is 11.8 Å². The Hall–Kier alpha value is -2.28. The molecule has 130 valence electrons. The molecule has 0 fully saturated rings. The first kappa shape index (κ1) is 17.5. The molecular weight excluding hydrogens is 347 g/mol. The van der Waals surface area contributed by atoms with Crippen molar-refractivity contribution in [3.05, 3.63) is 60.1 Å². The summed E-state index contributed by atoms with van der Waals surface area (Å²) in [4.78, 5) is 11.7. The van der Waals surface area contributed by atoms with Gasteiger partial charge >= 0.3 is 6.18 Å². The number of thioether (sulfide) groups is 1. The van der Waals surface area contributed by atoms with E-state index in [2.05, 4.69) is 16.9 Å². The van der Waals surface area contributed by atoms with Gasteiger partial charge in [-0.2, -0.15) is 13.2 Å². The number of aromatic nitrogens is 1. The highest BCUT2D eigenvalue weighted by Crippen LogP contribution is 2.32. The number of alkyl halides is 3. The fraction of sp³-hybridized carbons (Fsp3) is 0.222. The van der Waals surface area contributed by atoms with Crippen LogP contribution in [0.4, 0.5) is 18.9 Å². The first-order valence-corrected chi connectivity index (χ1v) is 8.74. The third-order valence-electron chi connectivity index (χ3n) is 3.63. The third-order valence-corrected chi connectivity index (χ3v) is 4.56. The number of hydrogen-bond donors (Lipinski definition) is 0. The number of hydrogen-bond acceptors (Lipinski definition) is 4. The minimum Gasteiger partial charge on any atom is -0.340 e. The van der Waals surface area contributed by atoms with Crippen LogP contribution in [0.3, 0.4) is 0 Å². The van der Waals surface area contributed by atoms with E-state index in [0.717, 1.165) is 28.5 Å². The Morgan fingerprint density at radius 3 is 2.60 bits per heavy atom. The molecule has 0 amide bonds. The van der Waals surface area contributed by atoms with Crippen LogP contribution in [0.15, 0.2) is 58.7 Å². The van der Waals surface area contributed by atoms with Crippen LogP contribution in [-0.4, -0.2) is 23.5 Å². The van der Waals surface area contributed by atoms with Gasteiger partial charge in [-0.3, -0.25) is 9.98 Å². The molecule has 0 N–H and O–H groups in total. The number of anilines is 1. The summed E-state index contributed by atoms with van der Waals surface area (Å²) in [5.41, 5.74) is 1.50. The highest BCUT2D eigenvalue weighted by atomic mass is 32.2. The Bertz CT molecular complexity index is 798. The maximum Gasteiger partial charge on any atom is 0.416 e. The van der Waals surface area contributed by atoms with Gasteiger partial charge in [0.15, 0.2) is 0 Å². The van der Waals surface area contributed by atoms with Crippen LogP contribution in [-0.2, 0) is 6.18 Å². The van der Waals surface area contributed by atoms with Crippen LogP contribution < -0.4 is 4.90 Å². The topological polar surface area (TPSA) is 28.5 Å². The molecule has 25 heavy (non-hydrogen) atoms. The van der Waals surface area contributed by atoms with Crippen molar-refractivity contribution in [1.82, 2.24) is 4.98 Å². The normalized spacial score (nSPS) is 14.6. The summed E-state index contributed by atoms with van der Waals surface area (Å²) >= 11 is 1.68. The minimum atomic E-state index is -4.33. The van der Waals surface area contributed by atoms with Crippen molar-refractivity contribution >= 4 is 29.4 Å². The molecule has 1 aliphatic heterocycles. The molecule has 0 bridgehead atoms. The van der Waals surface area contributed by atoms with Gasteiger partial charge in [-0.1, -0.05) is 6.92 Å². The van der Waals surface area contributed by atoms with Crippen LogP contribution in [0.1, 0.15) is 18.2 Å². The van der Waals surface area contributed by atoms with E-state index in [4.69, 9.17) is 0 Å². The van der Waals surface area contributed by atoms with E-state index in [-0.39, 0.29) is 0 Å². The van der Waals surface area contributed by atoms with E-state index in [1.165, 1.54) is 12.1 Å². The molecule has 0 atom stereocenters. The van der Waals surface area contributed by atoms with Crippen molar-refractivity contribution in [3.8, 4) is 0 Å². The predicted octanol–water partition coefficient (Wildman–Crippen LogP) is 5.10. The molecule has 2 heterocycles. The molecule has 1 aliphatic rings. The van der Waals surface area contributed by atoms with Crippen molar-refractivity contribution in [3.63, 3.8) is 0 Å². The molecule has 0 saturated carbocycles. The molecule has 0 unspecified atom stereocenters. The van der Waals surface area contributed by atoms with Gasteiger partial charge in [0.2, 0.25) is 0 Å². The number of pyridine rings is 1. The highest BCUT2D eigenvalue weighted by molar-refractivity contribution is 7.99. The smallest absolute Gasteiger partial charge is 0.340 e. The Labute approximate surface area is 148 Å². The standard InChI is InChI=1S/C18H16F3N3S/c1-2-25-16-4-3-9-23-17(16)15-12-24(11-10-22-15)14-7-5-13(6-8-14)18(19,20)21/h3-10,12H,2,11H2,1H3. The Kier molecular flexibility index (Phi) is 5.13. The summed E-state index contributed by atoms with van der Waals surface area (Å²) < 4.78 is 38.1. The molecule has 2 aromatic rings. The van der Waals surface area contributed by atoms with Crippen LogP contribution in [0, 0.1) is 0 Å². The van der Waals surface area contributed by atoms with E-state index >= 15 is 0 Å². The lowest BCUT2D eigenvalue weighted by atomic mass is 10.2. The van der Waals surface area contributed by atoms with Crippen LogP contribution in [0.2, 0.25) is 0 Å². The summed E-state index contributed by atoms with van der Waals surface area (Å²) in [6.45, 7) is 2.56. The fourth-order valence-corrected chi connectivity index (χ4v) is 3.24. The average molecular weight is 363 g/mol. The van der Waals surface area contributed by atoms with Crippen molar-refractivity contribution in [2.45, 2.75) is 18.0 Å². The first-order valence-electron chi connectivity index (χ1n) is 7.75.